The summed E-state index contributed by atoms with van der Waals surface area (Å²) in [5.74, 6) is 0. The fourth-order valence-electron chi connectivity index (χ4n) is 2.04. The first-order chi connectivity index (χ1) is 9.04. The molecule has 114 valence electrons. The molecule has 0 aromatic carbocycles. The standard InChI is InChI=1S/C11H25N3O4S/c1-11-10-12-4-5-14(11)19(15,16)13(6-8-17-2)7-9-18-3/h11-12H,4-10H2,1-3H3. The van der Waals surface area contributed by atoms with Crippen LogP contribution >= 0.6 is 0 Å². The minimum atomic E-state index is -3.45. The van der Waals surface area contributed by atoms with E-state index in [0.29, 0.717) is 45.9 Å². The van der Waals surface area contributed by atoms with Gasteiger partial charge >= 0.3 is 0 Å². The lowest BCUT2D eigenvalue weighted by molar-refractivity contribution is 0.143. The Bertz CT molecular complexity index is 342. The Kier molecular flexibility index (Phi) is 7.19. The van der Waals surface area contributed by atoms with Crippen molar-refractivity contribution < 1.29 is 17.9 Å². The van der Waals surface area contributed by atoms with Crippen LogP contribution in [0.15, 0.2) is 0 Å². The summed E-state index contributed by atoms with van der Waals surface area (Å²) in [4.78, 5) is 0. The monoisotopic (exact) mass is 295 g/mol. The topological polar surface area (TPSA) is 71.1 Å². The van der Waals surface area contributed by atoms with Crippen LogP contribution in [-0.4, -0.2) is 83.2 Å². The van der Waals surface area contributed by atoms with Gasteiger partial charge in [0, 0.05) is 53.0 Å². The highest BCUT2D eigenvalue weighted by molar-refractivity contribution is 7.86. The van der Waals surface area contributed by atoms with Crippen LogP contribution in [0, 0.1) is 0 Å². The highest BCUT2D eigenvalue weighted by atomic mass is 32.2. The van der Waals surface area contributed by atoms with Crippen molar-refractivity contribution in [3.63, 3.8) is 0 Å². The Balaban J connectivity index is 2.77. The van der Waals surface area contributed by atoms with Crippen molar-refractivity contribution in [3.05, 3.63) is 0 Å². The van der Waals surface area contributed by atoms with Crippen molar-refractivity contribution in [3.8, 4) is 0 Å². The SMILES string of the molecule is COCCN(CCOC)S(=O)(=O)N1CCNCC1C. The van der Waals surface area contributed by atoms with Gasteiger partial charge in [-0.3, -0.25) is 0 Å². The number of hydrogen-bond acceptors (Lipinski definition) is 5. The lowest BCUT2D eigenvalue weighted by Crippen LogP contribution is -2.57. The third-order valence-electron chi connectivity index (χ3n) is 3.15. The van der Waals surface area contributed by atoms with Crippen LogP contribution in [0.5, 0.6) is 0 Å². The second-order valence-electron chi connectivity index (χ2n) is 4.56. The number of hydrogen-bond donors (Lipinski definition) is 1. The van der Waals surface area contributed by atoms with Gasteiger partial charge in [-0.2, -0.15) is 17.0 Å². The lowest BCUT2D eigenvalue weighted by atomic mass is 10.3. The van der Waals surface area contributed by atoms with Crippen molar-refractivity contribution in [2.75, 3.05) is 60.2 Å². The van der Waals surface area contributed by atoms with E-state index in [4.69, 9.17) is 9.47 Å². The minimum absolute atomic E-state index is 0.0358. The molecule has 1 saturated heterocycles. The van der Waals surface area contributed by atoms with Gasteiger partial charge in [0.2, 0.25) is 0 Å². The fourth-order valence-corrected chi connectivity index (χ4v) is 3.80. The molecular formula is C11H25N3O4S. The molecule has 0 radical (unpaired) electrons. The van der Waals surface area contributed by atoms with Gasteiger partial charge in [0.05, 0.1) is 13.2 Å². The Hall–Kier alpha value is -0.250. The first kappa shape index (κ1) is 16.8. The number of nitrogens with zero attached hydrogens (tertiary/aromatic N) is 2. The second-order valence-corrected chi connectivity index (χ2v) is 6.44. The van der Waals surface area contributed by atoms with E-state index in [1.807, 2.05) is 6.92 Å². The summed E-state index contributed by atoms with van der Waals surface area (Å²) in [6.45, 7) is 5.23. The first-order valence-electron chi connectivity index (χ1n) is 6.49. The molecular weight excluding hydrogens is 270 g/mol. The molecule has 0 saturated carbocycles. The lowest BCUT2D eigenvalue weighted by Gasteiger charge is -2.36. The van der Waals surface area contributed by atoms with Gasteiger partial charge in [-0.05, 0) is 6.92 Å². The first-order valence-corrected chi connectivity index (χ1v) is 7.89. The van der Waals surface area contributed by atoms with Crippen LogP contribution < -0.4 is 5.32 Å². The molecule has 1 heterocycles. The molecule has 1 rings (SSSR count). The minimum Gasteiger partial charge on any atom is -0.383 e. The summed E-state index contributed by atoms with van der Waals surface area (Å²) in [5.41, 5.74) is 0. The van der Waals surface area contributed by atoms with E-state index in [1.54, 1.807) is 18.5 Å². The van der Waals surface area contributed by atoms with Crippen molar-refractivity contribution in [1.29, 1.82) is 0 Å². The largest absolute Gasteiger partial charge is 0.383 e. The van der Waals surface area contributed by atoms with Crippen LogP contribution in [0.3, 0.4) is 0 Å². The van der Waals surface area contributed by atoms with E-state index < -0.39 is 10.2 Å². The van der Waals surface area contributed by atoms with Gasteiger partial charge in [-0.25, -0.2) is 0 Å². The quantitative estimate of drug-likeness (QED) is 0.630. The molecule has 0 spiro atoms. The molecule has 1 fully saturated rings. The highest BCUT2D eigenvalue weighted by Gasteiger charge is 2.34. The van der Waals surface area contributed by atoms with Crippen molar-refractivity contribution >= 4 is 10.2 Å². The Labute approximate surface area is 116 Å². The van der Waals surface area contributed by atoms with Crippen LogP contribution in [0.1, 0.15) is 6.92 Å². The Morgan fingerprint density at radius 1 is 1.26 bits per heavy atom. The molecule has 1 aliphatic rings. The van der Waals surface area contributed by atoms with E-state index >= 15 is 0 Å². The Morgan fingerprint density at radius 2 is 1.84 bits per heavy atom. The predicted octanol–water partition coefficient (Wildman–Crippen LogP) is -0.880. The molecule has 1 unspecified atom stereocenters. The van der Waals surface area contributed by atoms with Gasteiger partial charge < -0.3 is 14.8 Å². The molecule has 0 aromatic rings. The van der Waals surface area contributed by atoms with Gasteiger partial charge in [0.1, 0.15) is 0 Å². The van der Waals surface area contributed by atoms with E-state index in [-0.39, 0.29) is 6.04 Å². The summed E-state index contributed by atoms with van der Waals surface area (Å²) in [7, 11) is -0.323. The average molecular weight is 295 g/mol. The fraction of sp³-hybridized carbons (Fsp3) is 1.00. The van der Waals surface area contributed by atoms with E-state index in [0.717, 1.165) is 0 Å². The van der Waals surface area contributed by atoms with Gasteiger partial charge in [0.25, 0.3) is 10.2 Å². The van der Waals surface area contributed by atoms with E-state index in [9.17, 15) is 8.42 Å². The number of nitrogens with one attached hydrogen (secondary N) is 1. The average Bonchev–Trinajstić information content (AvgIpc) is 2.39. The smallest absolute Gasteiger partial charge is 0.282 e. The normalized spacial score (nSPS) is 22.0. The third-order valence-corrected chi connectivity index (χ3v) is 5.31. The van der Waals surface area contributed by atoms with Gasteiger partial charge in [-0.1, -0.05) is 0 Å². The maximum Gasteiger partial charge on any atom is 0.282 e. The molecule has 1 N–H and O–H groups in total. The second kappa shape index (κ2) is 8.13. The number of rotatable bonds is 8. The van der Waals surface area contributed by atoms with Crippen LogP contribution in [0.25, 0.3) is 0 Å². The number of methoxy groups -OCH3 is 2. The van der Waals surface area contributed by atoms with Crippen molar-refractivity contribution in [2.45, 2.75) is 13.0 Å². The molecule has 8 heteroatoms. The van der Waals surface area contributed by atoms with Gasteiger partial charge in [-0.15, -0.1) is 0 Å². The maximum atomic E-state index is 12.6. The molecule has 7 nitrogen and oxygen atoms in total. The molecule has 0 aromatic heterocycles. The molecule has 0 aliphatic carbocycles. The molecule has 0 amide bonds. The number of ether oxygens (including phenoxy) is 2. The summed E-state index contributed by atoms with van der Waals surface area (Å²) in [5, 5.41) is 3.19. The van der Waals surface area contributed by atoms with E-state index in [1.165, 1.54) is 4.31 Å². The van der Waals surface area contributed by atoms with E-state index in [2.05, 4.69) is 5.32 Å². The van der Waals surface area contributed by atoms with Crippen LogP contribution in [0.2, 0.25) is 0 Å². The predicted molar refractivity (Wildman–Crippen MR) is 73.3 cm³/mol. The Morgan fingerprint density at radius 3 is 2.32 bits per heavy atom. The summed E-state index contributed by atoms with van der Waals surface area (Å²) in [6, 6.07) is -0.0358. The van der Waals surface area contributed by atoms with Crippen LogP contribution in [-0.2, 0) is 19.7 Å². The van der Waals surface area contributed by atoms with Gasteiger partial charge in [0.15, 0.2) is 0 Å². The maximum absolute atomic E-state index is 12.6. The zero-order valence-corrected chi connectivity index (χ0v) is 12.8. The molecule has 1 aliphatic heterocycles. The zero-order valence-electron chi connectivity index (χ0n) is 12.0. The molecule has 1 atom stereocenters. The highest BCUT2D eigenvalue weighted by Crippen LogP contribution is 2.14. The van der Waals surface area contributed by atoms with Crippen molar-refractivity contribution in [2.24, 2.45) is 0 Å². The summed E-state index contributed by atoms with van der Waals surface area (Å²) >= 11 is 0. The molecule has 19 heavy (non-hydrogen) atoms. The third kappa shape index (κ3) is 4.66. The zero-order chi connectivity index (χ0) is 14.3. The summed E-state index contributed by atoms with van der Waals surface area (Å²) < 4.78 is 38.2. The number of piperazine rings is 1. The van der Waals surface area contributed by atoms with Crippen LogP contribution in [0.4, 0.5) is 0 Å². The van der Waals surface area contributed by atoms with Crippen molar-refractivity contribution in [1.82, 2.24) is 13.9 Å². The molecule has 0 bridgehead atoms. The summed E-state index contributed by atoms with van der Waals surface area (Å²) in [6.07, 6.45) is 0.